The van der Waals surface area contributed by atoms with Crippen molar-refractivity contribution in [2.24, 2.45) is 5.41 Å². The van der Waals surface area contributed by atoms with Crippen LogP contribution in [-0.2, 0) is 19.1 Å². The Kier molecular flexibility index (Phi) is 4.94. The molecule has 1 atom stereocenters. The fraction of sp³-hybridized carbons (Fsp3) is 0.846. The minimum Gasteiger partial charge on any atom is -0.465 e. The number of carbonyl (C=O) groups excluding carboxylic acids is 2. The van der Waals surface area contributed by atoms with Gasteiger partial charge in [0, 0.05) is 6.92 Å². The molecule has 0 bridgehead atoms. The maximum atomic E-state index is 12.2. The van der Waals surface area contributed by atoms with E-state index < -0.39 is 28.6 Å². The second kappa shape index (κ2) is 5.26. The van der Waals surface area contributed by atoms with Crippen LogP contribution < -0.4 is 0 Å². The number of hydrogen-bond acceptors (Lipinski definition) is 5. The van der Waals surface area contributed by atoms with Crippen molar-refractivity contribution < 1.29 is 24.2 Å². The van der Waals surface area contributed by atoms with Crippen LogP contribution in [0.3, 0.4) is 0 Å². The molecule has 0 radical (unpaired) electrons. The zero-order valence-corrected chi connectivity index (χ0v) is 12.3. The van der Waals surface area contributed by atoms with Gasteiger partial charge in [-0.1, -0.05) is 0 Å². The van der Waals surface area contributed by atoms with Crippen LogP contribution in [0.1, 0.15) is 48.5 Å². The van der Waals surface area contributed by atoms with Gasteiger partial charge in [0.25, 0.3) is 0 Å². The molecule has 0 rings (SSSR count). The number of carbonyl (C=O) groups is 2. The van der Waals surface area contributed by atoms with Crippen LogP contribution >= 0.6 is 0 Å². The number of aliphatic hydroxyl groups is 1. The first-order valence-electron chi connectivity index (χ1n) is 5.99. The summed E-state index contributed by atoms with van der Waals surface area (Å²) in [4.78, 5) is 23.3. The third-order valence-electron chi connectivity index (χ3n) is 3.51. The van der Waals surface area contributed by atoms with Crippen molar-refractivity contribution in [3.63, 3.8) is 0 Å². The molecule has 0 saturated heterocycles. The molecule has 5 nitrogen and oxygen atoms in total. The van der Waals surface area contributed by atoms with Gasteiger partial charge in [-0.15, -0.1) is 0 Å². The lowest BCUT2D eigenvalue weighted by atomic mass is 9.65. The smallest absolute Gasteiger partial charge is 0.318 e. The Morgan fingerprint density at radius 1 is 1.11 bits per heavy atom. The lowest BCUT2D eigenvalue weighted by Gasteiger charge is -2.47. The van der Waals surface area contributed by atoms with Crippen LogP contribution in [0.5, 0.6) is 0 Å². The molecule has 0 amide bonds. The summed E-state index contributed by atoms with van der Waals surface area (Å²) in [5.74, 6) is -1.11. The van der Waals surface area contributed by atoms with E-state index >= 15 is 0 Å². The first-order chi connectivity index (χ1) is 7.90. The molecule has 0 aromatic carbocycles. The summed E-state index contributed by atoms with van der Waals surface area (Å²) in [7, 11) is 0. The van der Waals surface area contributed by atoms with Gasteiger partial charge in [0.05, 0.1) is 12.2 Å². The van der Waals surface area contributed by atoms with Gasteiger partial charge in [-0.05, 0) is 41.5 Å². The highest BCUT2D eigenvalue weighted by atomic mass is 16.6. The van der Waals surface area contributed by atoms with Gasteiger partial charge in [0.2, 0.25) is 0 Å². The van der Waals surface area contributed by atoms with Crippen LogP contribution in [-0.4, -0.2) is 34.9 Å². The number of ether oxygens (including phenoxy) is 2. The maximum absolute atomic E-state index is 12.2. The van der Waals surface area contributed by atoms with Gasteiger partial charge >= 0.3 is 11.9 Å². The fourth-order valence-electron chi connectivity index (χ4n) is 1.97. The highest BCUT2D eigenvalue weighted by molar-refractivity contribution is 5.80. The van der Waals surface area contributed by atoms with Gasteiger partial charge in [0.15, 0.2) is 0 Å². The quantitative estimate of drug-likeness (QED) is 0.761. The van der Waals surface area contributed by atoms with Crippen LogP contribution in [0.2, 0.25) is 0 Å². The molecule has 0 aromatic rings. The average Bonchev–Trinajstić information content (AvgIpc) is 2.12. The summed E-state index contributed by atoms with van der Waals surface area (Å²) in [5.41, 5.74) is -3.97. The minimum absolute atomic E-state index is 0.195. The maximum Gasteiger partial charge on any atom is 0.318 e. The zero-order chi connectivity index (χ0) is 14.8. The number of rotatable bonds is 5. The van der Waals surface area contributed by atoms with Crippen molar-refractivity contribution in [3.05, 3.63) is 0 Å². The predicted octanol–water partition coefficient (Wildman–Crippen LogP) is 1.67. The summed E-state index contributed by atoms with van der Waals surface area (Å²) >= 11 is 0. The molecule has 5 heteroatoms. The van der Waals surface area contributed by atoms with E-state index in [-0.39, 0.29) is 6.61 Å². The first-order valence-corrected chi connectivity index (χ1v) is 5.99. The number of esters is 2. The summed E-state index contributed by atoms with van der Waals surface area (Å²) in [6.45, 7) is 10.8. The normalized spacial score (nSPS) is 15.8. The third kappa shape index (κ3) is 3.02. The van der Waals surface area contributed by atoms with Crippen LogP contribution in [0, 0.1) is 5.41 Å². The third-order valence-corrected chi connectivity index (χ3v) is 3.51. The molecule has 0 aromatic heterocycles. The van der Waals surface area contributed by atoms with E-state index in [1.54, 1.807) is 20.8 Å². The Hall–Kier alpha value is -1.10. The van der Waals surface area contributed by atoms with Crippen LogP contribution in [0.4, 0.5) is 0 Å². The molecule has 18 heavy (non-hydrogen) atoms. The molecule has 0 spiro atoms. The van der Waals surface area contributed by atoms with Gasteiger partial charge in [-0.2, -0.15) is 0 Å². The monoisotopic (exact) mass is 260 g/mol. The van der Waals surface area contributed by atoms with Crippen molar-refractivity contribution in [1.82, 2.24) is 0 Å². The summed E-state index contributed by atoms with van der Waals surface area (Å²) in [6.07, 6.45) is 0. The van der Waals surface area contributed by atoms with E-state index in [9.17, 15) is 14.7 Å². The Morgan fingerprint density at radius 2 is 1.56 bits per heavy atom. The Morgan fingerprint density at radius 3 is 1.83 bits per heavy atom. The molecular formula is C13H24O5. The highest BCUT2D eigenvalue weighted by Crippen LogP contribution is 2.44. The summed E-state index contributed by atoms with van der Waals surface area (Å²) < 4.78 is 10.2. The number of hydrogen-bond donors (Lipinski definition) is 1. The molecule has 0 saturated carbocycles. The van der Waals surface area contributed by atoms with Gasteiger partial charge < -0.3 is 14.6 Å². The van der Waals surface area contributed by atoms with Crippen molar-refractivity contribution in [3.8, 4) is 0 Å². The molecule has 0 heterocycles. The van der Waals surface area contributed by atoms with Gasteiger partial charge in [0.1, 0.15) is 11.0 Å². The van der Waals surface area contributed by atoms with Crippen molar-refractivity contribution in [1.29, 1.82) is 0 Å². The standard InChI is InChI=1S/C13H24O5/c1-8-17-10(15)13(7,11(3,4)16)12(5,6)18-9(2)14/h16H,8H2,1-7H3. The minimum atomic E-state index is -1.40. The second-order valence-electron chi connectivity index (χ2n) is 5.51. The summed E-state index contributed by atoms with van der Waals surface area (Å²) in [6, 6.07) is 0. The molecule has 1 unspecified atom stereocenters. The van der Waals surface area contributed by atoms with E-state index in [2.05, 4.69) is 0 Å². The second-order valence-corrected chi connectivity index (χ2v) is 5.51. The van der Waals surface area contributed by atoms with Gasteiger partial charge in [-0.25, -0.2) is 0 Å². The first kappa shape index (κ1) is 16.9. The lowest BCUT2D eigenvalue weighted by molar-refractivity contribution is -0.211. The fourth-order valence-corrected chi connectivity index (χ4v) is 1.97. The van der Waals surface area contributed by atoms with Crippen molar-refractivity contribution in [2.45, 2.75) is 59.7 Å². The van der Waals surface area contributed by atoms with Crippen LogP contribution in [0.15, 0.2) is 0 Å². The Labute approximate surface area is 108 Å². The highest BCUT2D eigenvalue weighted by Gasteiger charge is 2.59. The molecule has 0 fully saturated rings. The van der Waals surface area contributed by atoms with Crippen LogP contribution in [0.25, 0.3) is 0 Å². The molecule has 0 aliphatic heterocycles. The molecular weight excluding hydrogens is 236 g/mol. The molecule has 106 valence electrons. The van der Waals surface area contributed by atoms with E-state index in [0.717, 1.165) is 0 Å². The zero-order valence-electron chi connectivity index (χ0n) is 12.3. The Bertz CT molecular complexity index is 327. The van der Waals surface area contributed by atoms with E-state index in [1.165, 1.54) is 27.7 Å². The largest absolute Gasteiger partial charge is 0.465 e. The SMILES string of the molecule is CCOC(=O)C(C)(C(C)(C)O)C(C)(C)OC(C)=O. The average molecular weight is 260 g/mol. The van der Waals surface area contributed by atoms with Crippen molar-refractivity contribution in [2.75, 3.05) is 6.61 Å². The molecule has 0 aliphatic rings. The topological polar surface area (TPSA) is 72.8 Å². The molecule has 1 N–H and O–H groups in total. The van der Waals surface area contributed by atoms with E-state index in [0.29, 0.717) is 0 Å². The van der Waals surface area contributed by atoms with E-state index in [4.69, 9.17) is 9.47 Å². The lowest BCUT2D eigenvalue weighted by Crippen LogP contribution is -2.61. The van der Waals surface area contributed by atoms with Gasteiger partial charge in [-0.3, -0.25) is 9.59 Å². The summed E-state index contributed by atoms with van der Waals surface area (Å²) in [5, 5.41) is 10.3. The Balaban J connectivity index is 5.62. The predicted molar refractivity (Wildman–Crippen MR) is 66.9 cm³/mol. The van der Waals surface area contributed by atoms with Crippen molar-refractivity contribution >= 4 is 11.9 Å². The molecule has 0 aliphatic carbocycles. The van der Waals surface area contributed by atoms with E-state index in [1.807, 2.05) is 0 Å².